The monoisotopic (exact) mass is 558 g/mol. The Labute approximate surface area is 237 Å². The van der Waals surface area contributed by atoms with E-state index < -0.39 is 5.41 Å². The minimum Gasteiger partial charge on any atom is -0.473 e. The topological polar surface area (TPSA) is 143 Å². The van der Waals surface area contributed by atoms with Gasteiger partial charge in [-0.1, -0.05) is 16.8 Å². The van der Waals surface area contributed by atoms with Crippen molar-refractivity contribution in [2.45, 2.75) is 88.8 Å². The van der Waals surface area contributed by atoms with Gasteiger partial charge in [0.15, 0.2) is 23.1 Å². The number of Topliss-reactive ketones (excluding diaryl/α,β-unsaturated/α-hetero) is 1. The maximum absolute atomic E-state index is 13.2. The van der Waals surface area contributed by atoms with Gasteiger partial charge in [-0.25, -0.2) is 19.3 Å². The lowest BCUT2D eigenvalue weighted by Crippen LogP contribution is -2.41. The highest BCUT2D eigenvalue weighted by atomic mass is 16.5. The molecule has 3 atom stereocenters. The summed E-state index contributed by atoms with van der Waals surface area (Å²) in [5.41, 5.74) is 1.63. The fourth-order valence-electron chi connectivity index (χ4n) is 6.83. The molecule has 1 saturated heterocycles. The minimum atomic E-state index is -0.572. The third-order valence-electron chi connectivity index (χ3n) is 8.94. The molecule has 0 N–H and O–H groups in total. The molecule has 1 spiro atoms. The molecular formula is C28H34N10O3. The summed E-state index contributed by atoms with van der Waals surface area (Å²) in [6.07, 6.45) is 12.9. The van der Waals surface area contributed by atoms with Crippen molar-refractivity contribution in [3.8, 4) is 23.2 Å². The highest BCUT2D eigenvalue weighted by molar-refractivity contribution is 5.91. The molecule has 4 aromatic rings. The van der Waals surface area contributed by atoms with Gasteiger partial charge in [0.05, 0.1) is 18.2 Å². The number of rotatable bonds is 7. The zero-order chi connectivity index (χ0) is 28.0. The first-order chi connectivity index (χ1) is 20.0. The van der Waals surface area contributed by atoms with Gasteiger partial charge in [0.2, 0.25) is 5.88 Å². The number of aromatic nitrogens is 9. The van der Waals surface area contributed by atoms with Gasteiger partial charge in [-0.2, -0.15) is 10.1 Å². The Balaban J connectivity index is 1.27. The molecule has 41 heavy (non-hydrogen) atoms. The number of likely N-dealkylation sites (N-methyl/N-ethyl adjacent to an activating group) is 1. The Hall–Kier alpha value is -4.00. The molecule has 1 saturated carbocycles. The molecule has 4 aromatic heterocycles. The Morgan fingerprint density at radius 3 is 2.88 bits per heavy atom. The van der Waals surface area contributed by atoms with Crippen LogP contribution in [0, 0.1) is 0 Å². The highest BCUT2D eigenvalue weighted by Crippen LogP contribution is 2.47. The van der Waals surface area contributed by atoms with Gasteiger partial charge in [0.25, 0.3) is 0 Å². The van der Waals surface area contributed by atoms with Crippen LogP contribution in [-0.2, 0) is 23.2 Å². The zero-order valence-electron chi connectivity index (χ0n) is 23.4. The second-order valence-electron chi connectivity index (χ2n) is 11.6. The van der Waals surface area contributed by atoms with E-state index in [1.54, 1.807) is 28.0 Å². The van der Waals surface area contributed by atoms with Gasteiger partial charge in [-0.15, -0.1) is 5.10 Å². The van der Waals surface area contributed by atoms with Gasteiger partial charge < -0.3 is 9.26 Å². The Morgan fingerprint density at radius 2 is 2.07 bits per heavy atom. The first-order valence-electron chi connectivity index (χ1n) is 14.5. The summed E-state index contributed by atoms with van der Waals surface area (Å²) in [6, 6.07) is 2.08. The van der Waals surface area contributed by atoms with Crippen molar-refractivity contribution in [2.24, 2.45) is 0 Å². The number of hydrogen-bond donors (Lipinski definition) is 0. The maximum atomic E-state index is 13.2. The molecule has 0 unspecified atom stereocenters. The normalized spacial score (nSPS) is 23.7. The van der Waals surface area contributed by atoms with Gasteiger partial charge in [0.1, 0.15) is 30.2 Å². The van der Waals surface area contributed by atoms with Crippen molar-refractivity contribution in [3.63, 3.8) is 0 Å². The molecular weight excluding hydrogens is 524 g/mol. The van der Waals surface area contributed by atoms with E-state index in [1.165, 1.54) is 6.33 Å². The predicted molar refractivity (Wildman–Crippen MR) is 145 cm³/mol. The van der Waals surface area contributed by atoms with E-state index in [1.807, 2.05) is 0 Å². The van der Waals surface area contributed by atoms with Crippen molar-refractivity contribution >= 4 is 5.78 Å². The van der Waals surface area contributed by atoms with Crippen molar-refractivity contribution in [1.82, 2.24) is 49.8 Å². The van der Waals surface area contributed by atoms with Crippen LogP contribution in [0.4, 0.5) is 0 Å². The van der Waals surface area contributed by atoms with Gasteiger partial charge in [0, 0.05) is 24.1 Å². The second-order valence-corrected chi connectivity index (χ2v) is 11.6. The molecule has 0 aromatic carbocycles. The molecule has 0 bridgehead atoms. The fourth-order valence-corrected chi connectivity index (χ4v) is 6.83. The Morgan fingerprint density at radius 1 is 1.17 bits per heavy atom. The van der Waals surface area contributed by atoms with Gasteiger partial charge in [-0.3, -0.25) is 9.69 Å². The maximum Gasteiger partial charge on any atom is 0.219 e. The lowest BCUT2D eigenvalue weighted by molar-refractivity contribution is -0.128. The van der Waals surface area contributed by atoms with E-state index in [4.69, 9.17) is 19.2 Å². The molecule has 2 aliphatic carbocycles. The first-order valence-corrected chi connectivity index (χ1v) is 14.5. The largest absolute Gasteiger partial charge is 0.473 e. The van der Waals surface area contributed by atoms with Crippen LogP contribution in [0.1, 0.15) is 75.3 Å². The summed E-state index contributed by atoms with van der Waals surface area (Å²) >= 11 is 0. The molecule has 0 radical (unpaired) electrons. The van der Waals surface area contributed by atoms with Gasteiger partial charge >= 0.3 is 0 Å². The van der Waals surface area contributed by atoms with Gasteiger partial charge in [-0.05, 0) is 65.5 Å². The van der Waals surface area contributed by atoms with Crippen molar-refractivity contribution in [2.75, 3.05) is 13.6 Å². The Bertz CT molecular complexity index is 1550. The zero-order valence-corrected chi connectivity index (χ0v) is 23.4. The molecule has 3 aliphatic rings. The number of ether oxygens (including phenoxy) is 1. The van der Waals surface area contributed by atoms with Crippen LogP contribution in [0.15, 0.2) is 29.4 Å². The number of ketones is 1. The molecule has 5 heterocycles. The summed E-state index contributed by atoms with van der Waals surface area (Å²) in [6.45, 7) is 3.56. The van der Waals surface area contributed by atoms with Crippen LogP contribution in [0.3, 0.4) is 0 Å². The summed E-state index contributed by atoms with van der Waals surface area (Å²) < 4.78 is 15.7. The summed E-state index contributed by atoms with van der Waals surface area (Å²) in [5.74, 6) is 2.30. The predicted octanol–water partition coefficient (Wildman–Crippen LogP) is 2.93. The molecule has 2 fully saturated rings. The second kappa shape index (κ2) is 10.4. The van der Waals surface area contributed by atoms with Crippen LogP contribution < -0.4 is 4.74 Å². The van der Waals surface area contributed by atoms with E-state index in [2.05, 4.69) is 44.4 Å². The van der Waals surface area contributed by atoms with E-state index in [0.717, 1.165) is 63.5 Å². The van der Waals surface area contributed by atoms with Crippen molar-refractivity contribution in [1.29, 1.82) is 0 Å². The highest BCUT2D eigenvalue weighted by Gasteiger charge is 2.48. The summed E-state index contributed by atoms with van der Waals surface area (Å²) in [7, 11) is 2.13. The standard InChI is InChI=1S/C28H34N10O3/c1-18(21-8-6-12-36(21)2)40-24-13-23(38-15-19(33-35-38)14-37-17-29-16-30-37)31-27(32-24)25-20-7-5-11-28(26(20)41-34-25)10-4-3-9-22(28)39/h13,15-18,21H,3-12,14H2,1-2H3/t18-,21-,28+/m0/s1. The molecule has 13 nitrogen and oxygen atoms in total. The van der Waals surface area contributed by atoms with E-state index in [0.29, 0.717) is 53.7 Å². The van der Waals surface area contributed by atoms with Crippen LogP contribution in [-0.4, -0.2) is 81.3 Å². The third-order valence-corrected chi connectivity index (χ3v) is 8.94. The summed E-state index contributed by atoms with van der Waals surface area (Å²) in [4.78, 5) is 29.2. The quantitative estimate of drug-likeness (QED) is 0.330. The van der Waals surface area contributed by atoms with E-state index in [-0.39, 0.29) is 11.9 Å². The van der Waals surface area contributed by atoms with Crippen LogP contribution in [0.2, 0.25) is 0 Å². The number of fused-ring (bicyclic) bond motifs is 2. The van der Waals surface area contributed by atoms with Crippen LogP contribution in [0.5, 0.6) is 5.88 Å². The average Bonchev–Trinajstić information content (AvgIpc) is 3.79. The Kier molecular flexibility index (Phi) is 6.60. The van der Waals surface area contributed by atoms with E-state index in [9.17, 15) is 4.79 Å². The third kappa shape index (κ3) is 4.71. The first kappa shape index (κ1) is 25.9. The SMILES string of the molecule is C[C@H](Oc1cc(-n2cc(Cn3cncn3)nn2)nc(-c2noc3c2CCC[C@@]32CCCCC2=O)n1)[C@@H]1CCCN1C. The smallest absolute Gasteiger partial charge is 0.219 e. The van der Waals surface area contributed by atoms with Crippen molar-refractivity contribution < 1.29 is 14.1 Å². The number of carbonyl (C=O) groups is 1. The lowest BCUT2D eigenvalue weighted by Gasteiger charge is -2.36. The average molecular weight is 559 g/mol. The van der Waals surface area contributed by atoms with Crippen LogP contribution >= 0.6 is 0 Å². The lowest BCUT2D eigenvalue weighted by atomic mass is 9.64. The minimum absolute atomic E-state index is 0.0777. The number of hydrogen-bond acceptors (Lipinski definition) is 11. The van der Waals surface area contributed by atoms with E-state index >= 15 is 0 Å². The molecule has 7 rings (SSSR count). The molecule has 0 amide bonds. The molecule has 214 valence electrons. The summed E-state index contributed by atoms with van der Waals surface area (Å²) in [5, 5.41) is 17.3. The van der Waals surface area contributed by atoms with Crippen molar-refractivity contribution in [3.05, 3.63) is 41.9 Å². The molecule has 1 aliphatic heterocycles. The van der Waals surface area contributed by atoms with Crippen LogP contribution in [0.25, 0.3) is 17.3 Å². The number of carbonyl (C=O) groups excluding carboxylic acids is 1. The number of likely N-dealkylation sites (tertiary alicyclic amines) is 1. The number of nitrogens with zero attached hydrogens (tertiary/aromatic N) is 10. The molecule has 13 heteroatoms. The fraction of sp³-hybridized carbons (Fsp3) is 0.571.